The van der Waals surface area contributed by atoms with Gasteiger partial charge in [-0.05, 0) is 55.3 Å². The van der Waals surface area contributed by atoms with Crippen LogP contribution in [0.1, 0.15) is 11.1 Å². The van der Waals surface area contributed by atoms with Gasteiger partial charge >= 0.3 is 0 Å². The van der Waals surface area contributed by atoms with Gasteiger partial charge in [0.15, 0.2) is 0 Å². The molecule has 0 aliphatic heterocycles. The standard InChI is InChI=1S/C16H17Cl2NO/c1-11-3-4-16(7-12(11)2)20-6-5-19-15-9-13(17)8-14(18)10-15/h3-4,7-10,19H,5-6H2,1-2H3. The number of benzene rings is 2. The molecule has 0 radical (unpaired) electrons. The van der Waals surface area contributed by atoms with Crippen molar-refractivity contribution < 1.29 is 4.74 Å². The molecule has 2 aromatic rings. The normalized spacial score (nSPS) is 10.4. The van der Waals surface area contributed by atoms with E-state index in [-0.39, 0.29) is 0 Å². The van der Waals surface area contributed by atoms with E-state index in [2.05, 4.69) is 25.2 Å². The van der Waals surface area contributed by atoms with E-state index in [1.165, 1.54) is 11.1 Å². The van der Waals surface area contributed by atoms with Gasteiger partial charge in [-0.1, -0.05) is 29.3 Å². The molecule has 2 nitrogen and oxygen atoms in total. The van der Waals surface area contributed by atoms with Gasteiger partial charge in [0.2, 0.25) is 0 Å². The zero-order valence-electron chi connectivity index (χ0n) is 11.5. The molecule has 0 spiro atoms. The van der Waals surface area contributed by atoms with Crippen molar-refractivity contribution in [2.45, 2.75) is 13.8 Å². The molecule has 0 aromatic heterocycles. The van der Waals surface area contributed by atoms with Crippen LogP contribution in [0.5, 0.6) is 5.75 Å². The lowest BCUT2D eigenvalue weighted by Crippen LogP contribution is -2.11. The van der Waals surface area contributed by atoms with Crippen LogP contribution in [0.2, 0.25) is 10.0 Å². The third-order valence-electron chi connectivity index (χ3n) is 3.04. The fourth-order valence-electron chi connectivity index (χ4n) is 1.82. The van der Waals surface area contributed by atoms with Crippen LogP contribution in [0.25, 0.3) is 0 Å². The highest BCUT2D eigenvalue weighted by molar-refractivity contribution is 6.35. The molecule has 0 saturated carbocycles. The second kappa shape index (κ2) is 6.87. The molecule has 20 heavy (non-hydrogen) atoms. The molecule has 0 aliphatic rings. The summed E-state index contributed by atoms with van der Waals surface area (Å²) in [4.78, 5) is 0. The van der Waals surface area contributed by atoms with Gasteiger partial charge in [-0.25, -0.2) is 0 Å². The Hall–Kier alpha value is -1.38. The molecule has 1 N–H and O–H groups in total. The molecule has 0 heterocycles. The van der Waals surface area contributed by atoms with Crippen molar-refractivity contribution in [2.24, 2.45) is 0 Å². The monoisotopic (exact) mass is 309 g/mol. The molecule has 0 bridgehead atoms. The zero-order valence-corrected chi connectivity index (χ0v) is 13.1. The Morgan fingerprint density at radius 2 is 1.65 bits per heavy atom. The number of halogens is 2. The molecule has 2 rings (SSSR count). The van der Waals surface area contributed by atoms with Gasteiger partial charge in [0, 0.05) is 22.3 Å². The highest BCUT2D eigenvalue weighted by atomic mass is 35.5. The van der Waals surface area contributed by atoms with Crippen LogP contribution in [-0.4, -0.2) is 13.2 Å². The van der Waals surface area contributed by atoms with Gasteiger partial charge in [-0.15, -0.1) is 0 Å². The average Bonchev–Trinajstić information content (AvgIpc) is 2.38. The first-order chi connectivity index (χ1) is 9.54. The van der Waals surface area contributed by atoms with E-state index in [9.17, 15) is 0 Å². The number of hydrogen-bond donors (Lipinski definition) is 1. The molecule has 0 unspecified atom stereocenters. The lowest BCUT2D eigenvalue weighted by molar-refractivity contribution is 0.332. The van der Waals surface area contributed by atoms with Crippen molar-refractivity contribution in [1.29, 1.82) is 0 Å². The first kappa shape index (κ1) is 15.0. The minimum absolute atomic E-state index is 0.576. The maximum atomic E-state index is 5.94. The summed E-state index contributed by atoms with van der Waals surface area (Å²) < 4.78 is 5.70. The van der Waals surface area contributed by atoms with Gasteiger partial charge in [0.25, 0.3) is 0 Å². The second-order valence-corrected chi connectivity index (χ2v) is 5.55. The van der Waals surface area contributed by atoms with E-state index in [0.717, 1.165) is 11.4 Å². The smallest absolute Gasteiger partial charge is 0.119 e. The van der Waals surface area contributed by atoms with Gasteiger partial charge in [0.1, 0.15) is 12.4 Å². The van der Waals surface area contributed by atoms with E-state index in [1.807, 2.05) is 24.3 Å². The topological polar surface area (TPSA) is 21.3 Å². The van der Waals surface area contributed by atoms with Crippen molar-refractivity contribution in [2.75, 3.05) is 18.5 Å². The van der Waals surface area contributed by atoms with E-state index < -0.39 is 0 Å². The number of hydrogen-bond acceptors (Lipinski definition) is 2. The van der Waals surface area contributed by atoms with Gasteiger partial charge in [-0.3, -0.25) is 0 Å². The van der Waals surface area contributed by atoms with E-state index in [0.29, 0.717) is 23.2 Å². The van der Waals surface area contributed by atoms with E-state index in [1.54, 1.807) is 6.07 Å². The molecule has 0 saturated heterocycles. The van der Waals surface area contributed by atoms with Crippen molar-refractivity contribution in [3.8, 4) is 5.75 Å². The second-order valence-electron chi connectivity index (χ2n) is 4.68. The Morgan fingerprint density at radius 3 is 2.30 bits per heavy atom. The number of aryl methyl sites for hydroxylation is 2. The Bertz CT molecular complexity index is 579. The van der Waals surface area contributed by atoms with E-state index >= 15 is 0 Å². The Kier molecular flexibility index (Phi) is 5.16. The van der Waals surface area contributed by atoms with Crippen LogP contribution in [0, 0.1) is 13.8 Å². The molecule has 2 aromatic carbocycles. The van der Waals surface area contributed by atoms with Crippen molar-refractivity contribution in [3.05, 3.63) is 57.6 Å². The minimum Gasteiger partial charge on any atom is -0.492 e. The zero-order chi connectivity index (χ0) is 14.5. The summed E-state index contributed by atoms with van der Waals surface area (Å²) in [5.41, 5.74) is 3.40. The molecule has 0 aliphatic carbocycles. The lowest BCUT2D eigenvalue weighted by atomic mass is 10.1. The fraction of sp³-hybridized carbons (Fsp3) is 0.250. The molecule has 0 amide bonds. The fourth-order valence-corrected chi connectivity index (χ4v) is 2.35. The molecular formula is C16H17Cl2NO. The third kappa shape index (κ3) is 4.32. The summed E-state index contributed by atoms with van der Waals surface area (Å²) in [6.45, 7) is 5.42. The summed E-state index contributed by atoms with van der Waals surface area (Å²) >= 11 is 11.9. The summed E-state index contributed by atoms with van der Waals surface area (Å²) in [7, 11) is 0. The maximum Gasteiger partial charge on any atom is 0.119 e. The summed E-state index contributed by atoms with van der Waals surface area (Å²) in [6, 6.07) is 11.5. The summed E-state index contributed by atoms with van der Waals surface area (Å²) in [5, 5.41) is 4.47. The highest BCUT2D eigenvalue weighted by Crippen LogP contribution is 2.22. The molecule has 0 atom stereocenters. The van der Waals surface area contributed by atoms with Gasteiger partial charge in [0.05, 0.1) is 0 Å². The number of nitrogens with one attached hydrogen (secondary N) is 1. The highest BCUT2D eigenvalue weighted by Gasteiger charge is 1.99. The molecule has 106 valence electrons. The van der Waals surface area contributed by atoms with Crippen molar-refractivity contribution in [3.63, 3.8) is 0 Å². The average molecular weight is 310 g/mol. The first-order valence-corrected chi connectivity index (χ1v) is 7.20. The lowest BCUT2D eigenvalue weighted by Gasteiger charge is -2.10. The van der Waals surface area contributed by atoms with Crippen LogP contribution >= 0.6 is 23.2 Å². The predicted molar refractivity (Wildman–Crippen MR) is 86.4 cm³/mol. The quantitative estimate of drug-likeness (QED) is 0.776. The van der Waals surface area contributed by atoms with Crippen LogP contribution < -0.4 is 10.1 Å². The number of anilines is 1. The summed E-state index contributed by atoms with van der Waals surface area (Å²) in [6.07, 6.45) is 0. The Morgan fingerprint density at radius 1 is 0.950 bits per heavy atom. The minimum atomic E-state index is 0.576. The van der Waals surface area contributed by atoms with Crippen LogP contribution in [0.4, 0.5) is 5.69 Å². The van der Waals surface area contributed by atoms with Gasteiger partial charge < -0.3 is 10.1 Å². The SMILES string of the molecule is Cc1ccc(OCCNc2cc(Cl)cc(Cl)c2)cc1C. The Labute approximate surface area is 129 Å². The van der Waals surface area contributed by atoms with Crippen LogP contribution in [0.3, 0.4) is 0 Å². The van der Waals surface area contributed by atoms with E-state index in [4.69, 9.17) is 27.9 Å². The third-order valence-corrected chi connectivity index (χ3v) is 3.48. The molecule has 0 fully saturated rings. The van der Waals surface area contributed by atoms with Gasteiger partial charge in [-0.2, -0.15) is 0 Å². The molecular weight excluding hydrogens is 293 g/mol. The largest absolute Gasteiger partial charge is 0.492 e. The van der Waals surface area contributed by atoms with Crippen molar-refractivity contribution >= 4 is 28.9 Å². The Balaban J connectivity index is 1.82. The number of rotatable bonds is 5. The maximum absolute atomic E-state index is 5.94. The van der Waals surface area contributed by atoms with Crippen LogP contribution in [-0.2, 0) is 0 Å². The first-order valence-electron chi connectivity index (χ1n) is 6.44. The number of ether oxygens (including phenoxy) is 1. The van der Waals surface area contributed by atoms with Crippen molar-refractivity contribution in [1.82, 2.24) is 0 Å². The predicted octanol–water partition coefficient (Wildman–Crippen LogP) is 5.10. The summed E-state index contributed by atoms with van der Waals surface area (Å²) in [5.74, 6) is 0.888. The van der Waals surface area contributed by atoms with Crippen LogP contribution in [0.15, 0.2) is 36.4 Å². The molecule has 4 heteroatoms.